The summed E-state index contributed by atoms with van der Waals surface area (Å²) in [5.74, 6) is 1.30. The van der Waals surface area contributed by atoms with Crippen molar-refractivity contribution in [2.75, 3.05) is 26.3 Å². The third-order valence-electron chi connectivity index (χ3n) is 6.20. The number of aliphatic hydroxyl groups excluding tert-OH is 1. The highest BCUT2D eigenvalue weighted by atomic mass is 16.5. The number of aliphatic hydroxyl groups is 1. The van der Waals surface area contributed by atoms with E-state index in [1.807, 2.05) is 53.2 Å². The van der Waals surface area contributed by atoms with Crippen molar-refractivity contribution >= 4 is 5.91 Å². The first-order valence-corrected chi connectivity index (χ1v) is 10.6. The van der Waals surface area contributed by atoms with E-state index >= 15 is 0 Å². The standard InChI is InChI=1S/C24H25N3O4/c1-26-22-17-6-2-5-9-21(17)31-24(19(22)16-25-26)10-12-27(13-11-24)23(29)18-7-3-4-8-20(18)30-15-14-28/h2-9,16,28H,10-15H2,1H3. The minimum absolute atomic E-state index is 0.0639. The van der Waals surface area contributed by atoms with Gasteiger partial charge in [0, 0.05) is 44.1 Å². The van der Waals surface area contributed by atoms with E-state index in [1.165, 1.54) is 0 Å². The number of ether oxygens (including phenoxy) is 2. The fraction of sp³-hybridized carbons (Fsp3) is 0.333. The van der Waals surface area contributed by atoms with Crippen LogP contribution in [0.15, 0.2) is 54.7 Å². The van der Waals surface area contributed by atoms with Crippen LogP contribution in [0.25, 0.3) is 11.3 Å². The van der Waals surface area contributed by atoms with Crippen LogP contribution < -0.4 is 9.47 Å². The first kappa shape index (κ1) is 19.6. The fourth-order valence-corrected chi connectivity index (χ4v) is 4.64. The molecule has 3 heterocycles. The number of amides is 1. The maximum absolute atomic E-state index is 13.2. The van der Waals surface area contributed by atoms with Gasteiger partial charge in [-0.05, 0) is 24.3 Å². The van der Waals surface area contributed by atoms with E-state index < -0.39 is 5.60 Å². The van der Waals surface area contributed by atoms with Crippen molar-refractivity contribution in [3.63, 3.8) is 0 Å². The summed E-state index contributed by atoms with van der Waals surface area (Å²) in [6.45, 7) is 1.21. The smallest absolute Gasteiger partial charge is 0.257 e. The lowest BCUT2D eigenvalue weighted by Gasteiger charge is -2.44. The van der Waals surface area contributed by atoms with Crippen molar-refractivity contribution in [3.05, 3.63) is 65.9 Å². The summed E-state index contributed by atoms with van der Waals surface area (Å²) in [6.07, 6.45) is 3.28. The maximum Gasteiger partial charge on any atom is 0.257 e. The lowest BCUT2D eigenvalue weighted by Crippen LogP contribution is -2.49. The van der Waals surface area contributed by atoms with Crippen molar-refractivity contribution in [2.24, 2.45) is 7.05 Å². The minimum Gasteiger partial charge on any atom is -0.490 e. The number of rotatable bonds is 4. The summed E-state index contributed by atoms with van der Waals surface area (Å²) in [7, 11) is 1.95. The van der Waals surface area contributed by atoms with Gasteiger partial charge in [-0.25, -0.2) is 0 Å². The van der Waals surface area contributed by atoms with Crippen molar-refractivity contribution in [2.45, 2.75) is 18.4 Å². The van der Waals surface area contributed by atoms with Crippen molar-refractivity contribution < 1.29 is 19.4 Å². The molecule has 0 atom stereocenters. The van der Waals surface area contributed by atoms with E-state index in [2.05, 4.69) is 11.2 Å². The third kappa shape index (κ3) is 3.25. The Balaban J connectivity index is 1.39. The summed E-state index contributed by atoms with van der Waals surface area (Å²) in [6, 6.07) is 15.2. The number of piperidine rings is 1. The van der Waals surface area contributed by atoms with Gasteiger partial charge in [0.25, 0.3) is 5.91 Å². The molecule has 2 aliphatic rings. The van der Waals surface area contributed by atoms with Gasteiger partial charge in [-0.15, -0.1) is 0 Å². The normalized spacial score (nSPS) is 16.4. The van der Waals surface area contributed by atoms with Crippen LogP contribution in [0.2, 0.25) is 0 Å². The molecule has 31 heavy (non-hydrogen) atoms. The highest BCUT2D eigenvalue weighted by molar-refractivity contribution is 5.97. The molecule has 7 heteroatoms. The third-order valence-corrected chi connectivity index (χ3v) is 6.20. The average molecular weight is 419 g/mol. The molecule has 0 aliphatic carbocycles. The van der Waals surface area contributed by atoms with Crippen LogP contribution in [0.4, 0.5) is 0 Å². The number of carbonyl (C=O) groups is 1. The molecule has 1 N–H and O–H groups in total. The molecule has 2 aliphatic heterocycles. The Morgan fingerprint density at radius 1 is 1.16 bits per heavy atom. The second-order valence-electron chi connectivity index (χ2n) is 7.98. The van der Waals surface area contributed by atoms with E-state index in [9.17, 15) is 4.79 Å². The molecule has 0 radical (unpaired) electrons. The minimum atomic E-state index is -0.484. The molecule has 160 valence electrons. The number of likely N-dealkylation sites (tertiary alicyclic amines) is 1. The largest absolute Gasteiger partial charge is 0.490 e. The van der Waals surface area contributed by atoms with Crippen LogP contribution in [0.5, 0.6) is 11.5 Å². The van der Waals surface area contributed by atoms with E-state index in [4.69, 9.17) is 14.6 Å². The zero-order valence-corrected chi connectivity index (χ0v) is 17.5. The fourth-order valence-electron chi connectivity index (χ4n) is 4.64. The van der Waals surface area contributed by atoms with Gasteiger partial charge in [0.2, 0.25) is 0 Å². The molecule has 1 amide bonds. The second-order valence-corrected chi connectivity index (χ2v) is 7.98. The van der Waals surface area contributed by atoms with Gasteiger partial charge in [0.15, 0.2) is 0 Å². The number of para-hydroxylation sites is 2. The summed E-state index contributed by atoms with van der Waals surface area (Å²) in [4.78, 5) is 15.1. The van der Waals surface area contributed by atoms with Gasteiger partial charge in [-0.3, -0.25) is 9.48 Å². The van der Waals surface area contributed by atoms with Gasteiger partial charge in [0.1, 0.15) is 23.7 Å². The number of hydrogen-bond acceptors (Lipinski definition) is 5. The topological polar surface area (TPSA) is 76.8 Å². The molecule has 1 fully saturated rings. The Kier molecular flexibility index (Phi) is 4.90. The Hall–Kier alpha value is -3.32. The lowest BCUT2D eigenvalue weighted by molar-refractivity contribution is -0.00183. The monoisotopic (exact) mass is 419 g/mol. The van der Waals surface area contributed by atoms with Gasteiger partial charge >= 0.3 is 0 Å². The molecule has 7 nitrogen and oxygen atoms in total. The quantitative estimate of drug-likeness (QED) is 0.704. The van der Waals surface area contributed by atoms with Crippen LogP contribution in [0, 0.1) is 0 Å². The van der Waals surface area contributed by atoms with Crippen LogP contribution >= 0.6 is 0 Å². The molecule has 2 aromatic carbocycles. The molecule has 1 saturated heterocycles. The van der Waals surface area contributed by atoms with Gasteiger partial charge < -0.3 is 19.5 Å². The Morgan fingerprint density at radius 2 is 1.90 bits per heavy atom. The highest BCUT2D eigenvalue weighted by Gasteiger charge is 2.46. The summed E-state index contributed by atoms with van der Waals surface area (Å²) in [5, 5.41) is 13.6. The van der Waals surface area contributed by atoms with Crippen LogP contribution in [-0.2, 0) is 12.6 Å². The molecule has 3 aromatic rings. The van der Waals surface area contributed by atoms with Crippen LogP contribution in [0.3, 0.4) is 0 Å². The zero-order valence-electron chi connectivity index (χ0n) is 17.5. The van der Waals surface area contributed by atoms with Crippen LogP contribution in [0.1, 0.15) is 28.8 Å². The van der Waals surface area contributed by atoms with Crippen LogP contribution in [-0.4, -0.2) is 52.0 Å². The van der Waals surface area contributed by atoms with Gasteiger partial charge in [0.05, 0.1) is 24.1 Å². The van der Waals surface area contributed by atoms with Gasteiger partial charge in [-0.2, -0.15) is 5.10 Å². The molecule has 0 bridgehead atoms. The van der Waals surface area contributed by atoms with E-state index in [-0.39, 0.29) is 19.1 Å². The number of hydrogen-bond donors (Lipinski definition) is 1. The predicted octanol–water partition coefficient (Wildman–Crippen LogP) is 2.98. The Labute approximate surface area is 180 Å². The summed E-state index contributed by atoms with van der Waals surface area (Å²) in [5.41, 5.74) is 3.26. The molecular weight excluding hydrogens is 394 g/mol. The average Bonchev–Trinajstić information content (AvgIpc) is 3.21. The van der Waals surface area contributed by atoms with E-state index in [0.717, 1.165) is 22.6 Å². The van der Waals surface area contributed by atoms with Crippen molar-refractivity contribution in [3.8, 4) is 22.8 Å². The van der Waals surface area contributed by atoms with E-state index in [1.54, 1.807) is 12.1 Å². The zero-order chi connectivity index (χ0) is 21.4. The molecule has 5 rings (SSSR count). The number of aromatic nitrogens is 2. The number of carbonyl (C=O) groups excluding carboxylic acids is 1. The summed E-state index contributed by atoms with van der Waals surface area (Å²) < 4.78 is 14.0. The maximum atomic E-state index is 13.2. The van der Waals surface area contributed by atoms with E-state index in [0.29, 0.717) is 37.2 Å². The Morgan fingerprint density at radius 3 is 2.71 bits per heavy atom. The first-order chi connectivity index (χ1) is 15.1. The molecule has 1 spiro atoms. The molecule has 0 unspecified atom stereocenters. The number of fused-ring (bicyclic) bond motifs is 4. The van der Waals surface area contributed by atoms with Crippen molar-refractivity contribution in [1.82, 2.24) is 14.7 Å². The first-order valence-electron chi connectivity index (χ1n) is 10.6. The van der Waals surface area contributed by atoms with Crippen molar-refractivity contribution in [1.29, 1.82) is 0 Å². The van der Waals surface area contributed by atoms with Gasteiger partial charge in [-0.1, -0.05) is 24.3 Å². The number of nitrogens with zero attached hydrogens (tertiary/aromatic N) is 3. The number of aryl methyl sites for hydroxylation is 1. The second kappa shape index (κ2) is 7.74. The lowest BCUT2D eigenvalue weighted by atomic mass is 9.81. The SMILES string of the molecule is Cn1ncc2c1-c1ccccc1OC21CCN(C(=O)c2ccccc2OCCO)CC1. The predicted molar refractivity (Wildman–Crippen MR) is 115 cm³/mol. The molecule has 1 aromatic heterocycles. The highest BCUT2D eigenvalue weighted by Crippen LogP contribution is 2.49. The number of benzene rings is 2. The Bertz CT molecular complexity index is 1120. The summed E-state index contributed by atoms with van der Waals surface area (Å²) >= 11 is 0. The molecular formula is C24H25N3O4. The molecule has 0 saturated carbocycles.